The number of rotatable bonds is 0. The molecule has 0 aliphatic carbocycles. The topological polar surface area (TPSA) is 0 Å². The zero-order chi connectivity index (χ0) is 5.58. The van der Waals surface area contributed by atoms with Gasteiger partial charge in [-0.1, -0.05) is 58.4 Å². The molecule has 91 valence electrons. The van der Waals surface area contributed by atoms with Gasteiger partial charge in [-0.05, 0) is 0 Å². The van der Waals surface area contributed by atoms with E-state index in [0.717, 1.165) is 0 Å². The van der Waals surface area contributed by atoms with Gasteiger partial charge >= 0.3 is 0 Å². The molecule has 0 aromatic heterocycles. The van der Waals surface area contributed by atoms with Crippen molar-refractivity contribution in [3.8, 4) is 0 Å². The summed E-state index contributed by atoms with van der Waals surface area (Å²) in [5, 5.41) is 0. The smallest absolute Gasteiger partial charge is 0 e. The maximum atomic E-state index is 3.64. The van der Waals surface area contributed by atoms with Crippen LogP contribution in [0.1, 0.15) is 65.3 Å². The first-order valence-corrected chi connectivity index (χ1v) is 2.27. The van der Waals surface area contributed by atoms with Crippen LogP contribution in [0.2, 0.25) is 0 Å². The Labute approximate surface area is 117 Å². The monoisotopic (exact) mass is 271 g/mol. The van der Waals surface area contributed by atoms with Crippen molar-refractivity contribution in [3.63, 3.8) is 0 Å². The van der Waals surface area contributed by atoms with E-state index in [4.69, 9.17) is 0 Å². The van der Waals surface area contributed by atoms with Gasteiger partial charge in [-0.3, -0.25) is 0 Å². The standard InChI is InChI=1S/C4H9.C2H5.6CH4.Y/c1-4(2)3;1-2;;;;;;;/h4H,1H2,2-3H3;1H2,2H3;6*1H4;/q2*-1;;;;;;;. The molecular weight excluding hydrogens is 233 g/mol. The molecule has 1 heteroatoms. The molecule has 0 aliphatic rings. The molecule has 0 spiro atoms. The average molecular weight is 271 g/mol. The predicted molar refractivity (Wildman–Crippen MR) is 71.6 cm³/mol. The first-order valence-electron chi connectivity index (χ1n) is 2.27. The van der Waals surface area contributed by atoms with Gasteiger partial charge in [0.2, 0.25) is 0 Å². The second-order valence-electron chi connectivity index (χ2n) is 1.39. The molecule has 0 atom stereocenters. The Morgan fingerprint density at radius 2 is 0.692 bits per heavy atom. The van der Waals surface area contributed by atoms with E-state index in [-0.39, 0.29) is 77.3 Å². The van der Waals surface area contributed by atoms with Gasteiger partial charge in [0.05, 0.1) is 0 Å². The molecule has 0 amide bonds. The van der Waals surface area contributed by atoms with E-state index in [1.54, 1.807) is 6.92 Å². The molecule has 0 aromatic rings. The third kappa shape index (κ3) is 1330. The van der Waals surface area contributed by atoms with Crippen molar-refractivity contribution in [2.75, 3.05) is 0 Å². The Hall–Kier alpha value is 1.10. The summed E-state index contributed by atoms with van der Waals surface area (Å²) >= 11 is 0. The van der Waals surface area contributed by atoms with Gasteiger partial charge in [-0.15, -0.1) is 0 Å². The molecule has 0 rings (SSSR count). The van der Waals surface area contributed by atoms with Crippen molar-refractivity contribution in [3.05, 3.63) is 13.8 Å². The largest absolute Gasteiger partial charge is 0.346 e. The average Bonchev–Trinajstić information content (AvgIpc) is 1.41. The van der Waals surface area contributed by atoms with Crippen molar-refractivity contribution in [1.29, 1.82) is 0 Å². The fourth-order valence-electron chi connectivity index (χ4n) is 0. The van der Waals surface area contributed by atoms with Gasteiger partial charge in [0, 0.05) is 32.7 Å². The molecule has 0 aromatic carbocycles. The first kappa shape index (κ1) is 93.0. The third-order valence-electron chi connectivity index (χ3n) is 0. The molecule has 0 heterocycles. The molecule has 13 heavy (non-hydrogen) atoms. The Morgan fingerprint density at radius 3 is 0.692 bits per heavy atom. The molecule has 0 N–H and O–H groups in total. The van der Waals surface area contributed by atoms with Crippen LogP contribution in [-0.4, -0.2) is 0 Å². The SMILES string of the molecule is C.C.C.C.C.C.[CH2-]C.[CH2-]C(C)C.[Y]. The summed E-state index contributed by atoms with van der Waals surface area (Å²) in [6.07, 6.45) is 0. The van der Waals surface area contributed by atoms with Gasteiger partial charge in [0.25, 0.3) is 0 Å². The van der Waals surface area contributed by atoms with E-state index in [0.29, 0.717) is 5.92 Å². The van der Waals surface area contributed by atoms with Crippen LogP contribution in [0.3, 0.4) is 0 Å². The fraction of sp³-hybridized carbons (Fsp3) is 0.833. The molecule has 0 saturated carbocycles. The van der Waals surface area contributed by atoms with Gasteiger partial charge in [0.15, 0.2) is 0 Å². The zero-order valence-corrected chi connectivity index (χ0v) is 8.41. The Morgan fingerprint density at radius 1 is 0.692 bits per heavy atom. The van der Waals surface area contributed by atoms with Crippen LogP contribution < -0.4 is 0 Å². The maximum absolute atomic E-state index is 3.64. The molecule has 0 saturated heterocycles. The molecule has 0 aliphatic heterocycles. The minimum atomic E-state index is 0. The van der Waals surface area contributed by atoms with E-state index >= 15 is 0 Å². The van der Waals surface area contributed by atoms with Crippen LogP contribution in [0.25, 0.3) is 0 Å². The van der Waals surface area contributed by atoms with Crippen LogP contribution in [0.4, 0.5) is 0 Å². The van der Waals surface area contributed by atoms with E-state index in [9.17, 15) is 0 Å². The van der Waals surface area contributed by atoms with Crippen LogP contribution in [0.5, 0.6) is 0 Å². The molecule has 1 radical (unpaired) electrons. The Bertz CT molecular complexity index is 9.84. The van der Waals surface area contributed by atoms with Gasteiger partial charge in [0.1, 0.15) is 0 Å². The molecule has 0 unspecified atom stereocenters. The van der Waals surface area contributed by atoms with Crippen LogP contribution in [-0.2, 0) is 32.7 Å². The molecule has 0 bridgehead atoms. The van der Waals surface area contributed by atoms with Crippen molar-refractivity contribution in [2.45, 2.75) is 65.3 Å². The summed E-state index contributed by atoms with van der Waals surface area (Å²) in [5.41, 5.74) is 0. The quantitative estimate of drug-likeness (QED) is 0.465. The summed E-state index contributed by atoms with van der Waals surface area (Å²) in [5.74, 6) is 0.583. The van der Waals surface area contributed by atoms with Crippen LogP contribution in [0.15, 0.2) is 0 Å². The minimum absolute atomic E-state index is 0. The molecule has 0 nitrogen and oxygen atoms in total. The van der Waals surface area contributed by atoms with E-state index in [2.05, 4.69) is 27.7 Å². The molecular formula is C12H38Y-2. The number of hydrogen-bond acceptors (Lipinski definition) is 0. The van der Waals surface area contributed by atoms with E-state index in [1.165, 1.54) is 0 Å². The summed E-state index contributed by atoms with van der Waals surface area (Å²) in [6, 6.07) is 0. The van der Waals surface area contributed by atoms with E-state index in [1.807, 2.05) is 0 Å². The Kier molecular flexibility index (Phi) is 815. The van der Waals surface area contributed by atoms with Crippen molar-refractivity contribution in [1.82, 2.24) is 0 Å². The normalized spacial score (nSPS) is 3.23. The molecule has 0 fully saturated rings. The first-order chi connectivity index (χ1) is 2.73. The maximum Gasteiger partial charge on any atom is 0 e. The van der Waals surface area contributed by atoms with Crippen molar-refractivity contribution >= 4 is 0 Å². The fourth-order valence-corrected chi connectivity index (χ4v) is 0. The third-order valence-corrected chi connectivity index (χ3v) is 0. The summed E-state index contributed by atoms with van der Waals surface area (Å²) in [7, 11) is 0. The second-order valence-corrected chi connectivity index (χ2v) is 1.39. The summed E-state index contributed by atoms with van der Waals surface area (Å²) < 4.78 is 0. The van der Waals surface area contributed by atoms with Gasteiger partial charge in [-0.25, -0.2) is 0 Å². The van der Waals surface area contributed by atoms with Gasteiger partial charge < -0.3 is 13.8 Å². The predicted octanol–water partition coefficient (Wildman–Crippen LogP) is 6.13. The zero-order valence-electron chi connectivity index (χ0n) is 5.57. The minimum Gasteiger partial charge on any atom is -0.346 e. The van der Waals surface area contributed by atoms with Crippen LogP contribution >= 0.6 is 0 Å². The number of hydrogen-bond donors (Lipinski definition) is 0. The van der Waals surface area contributed by atoms with Crippen molar-refractivity contribution in [2.24, 2.45) is 5.92 Å². The Balaban J connectivity index is -0.00000000242. The van der Waals surface area contributed by atoms with Crippen molar-refractivity contribution < 1.29 is 32.7 Å². The van der Waals surface area contributed by atoms with Gasteiger partial charge in [-0.2, -0.15) is 12.8 Å². The summed E-state index contributed by atoms with van der Waals surface area (Å²) in [4.78, 5) is 0. The van der Waals surface area contributed by atoms with E-state index < -0.39 is 0 Å². The van der Waals surface area contributed by atoms with Crippen LogP contribution in [0, 0.1) is 19.8 Å². The second kappa shape index (κ2) is 114. The summed E-state index contributed by atoms with van der Waals surface area (Å²) in [6.45, 7) is 12.8.